The number of carbonyl (C=O) groups is 1. The van der Waals surface area contributed by atoms with Crippen LogP contribution in [0, 0.1) is 0 Å². The molecule has 54 valence electrons. The lowest BCUT2D eigenvalue weighted by atomic mass is 10.2. The maximum Gasteiger partial charge on any atom is 0.250 e. The summed E-state index contributed by atoms with van der Waals surface area (Å²) in [7, 11) is 1.78. The second kappa shape index (κ2) is 2.43. The van der Waals surface area contributed by atoms with E-state index in [1.807, 2.05) is 0 Å². The number of nitrogens with zero attached hydrogens (tertiary/aromatic N) is 1. The molecule has 0 saturated heterocycles. The highest BCUT2D eigenvalue weighted by atomic mass is 16.1. The summed E-state index contributed by atoms with van der Waals surface area (Å²) in [6.07, 6.45) is 4.91. The Kier molecular flexibility index (Phi) is 1.62. The number of hydrazine groups is 1. The van der Waals surface area contributed by atoms with Gasteiger partial charge in [0.25, 0.3) is 0 Å². The molecule has 0 aromatic rings. The van der Waals surface area contributed by atoms with Crippen LogP contribution in [0.25, 0.3) is 0 Å². The van der Waals surface area contributed by atoms with Crippen LogP contribution < -0.4 is 11.2 Å². The lowest BCUT2D eigenvalue weighted by Crippen LogP contribution is -2.29. The molecule has 0 fully saturated rings. The van der Waals surface area contributed by atoms with Crippen molar-refractivity contribution in [3.8, 4) is 0 Å². The molecule has 4 heteroatoms. The molecular formula is C6H9N3O. The monoisotopic (exact) mass is 139 g/mol. The minimum absolute atomic E-state index is 0.412. The smallest absolute Gasteiger partial charge is 0.250 e. The van der Waals surface area contributed by atoms with Crippen molar-refractivity contribution in [3.05, 3.63) is 24.0 Å². The number of hydrogen-bond acceptors (Lipinski definition) is 3. The van der Waals surface area contributed by atoms with Gasteiger partial charge in [0.05, 0.1) is 5.57 Å². The maximum atomic E-state index is 10.5. The van der Waals surface area contributed by atoms with E-state index in [2.05, 4.69) is 5.43 Å². The van der Waals surface area contributed by atoms with Crippen LogP contribution in [-0.4, -0.2) is 18.0 Å². The molecule has 4 nitrogen and oxygen atoms in total. The van der Waals surface area contributed by atoms with Crippen LogP contribution in [0.3, 0.4) is 0 Å². The van der Waals surface area contributed by atoms with Crippen LogP contribution >= 0.6 is 0 Å². The van der Waals surface area contributed by atoms with Crippen molar-refractivity contribution in [2.75, 3.05) is 7.05 Å². The normalized spacial score (nSPS) is 16.1. The van der Waals surface area contributed by atoms with E-state index in [0.717, 1.165) is 0 Å². The zero-order valence-electron chi connectivity index (χ0n) is 5.66. The third-order valence-electron chi connectivity index (χ3n) is 1.16. The zero-order valence-corrected chi connectivity index (χ0v) is 5.66. The van der Waals surface area contributed by atoms with Crippen molar-refractivity contribution in [2.45, 2.75) is 0 Å². The molecule has 0 radical (unpaired) electrons. The second-order valence-corrected chi connectivity index (χ2v) is 2.02. The van der Waals surface area contributed by atoms with E-state index >= 15 is 0 Å². The van der Waals surface area contributed by atoms with Crippen LogP contribution in [0.15, 0.2) is 24.0 Å². The number of nitrogens with one attached hydrogen (secondary N) is 1. The van der Waals surface area contributed by atoms with E-state index in [4.69, 9.17) is 5.73 Å². The molecule has 10 heavy (non-hydrogen) atoms. The molecule has 1 aliphatic heterocycles. The zero-order chi connectivity index (χ0) is 7.56. The summed E-state index contributed by atoms with van der Waals surface area (Å²) >= 11 is 0. The van der Waals surface area contributed by atoms with Gasteiger partial charge in [-0.2, -0.15) is 0 Å². The molecular weight excluding hydrogens is 130 g/mol. The van der Waals surface area contributed by atoms with Crippen LogP contribution in [0.1, 0.15) is 0 Å². The Hall–Kier alpha value is -1.45. The molecule has 1 rings (SSSR count). The van der Waals surface area contributed by atoms with E-state index in [1.165, 1.54) is 0 Å². The summed E-state index contributed by atoms with van der Waals surface area (Å²) < 4.78 is 0. The first kappa shape index (κ1) is 6.67. The highest BCUT2D eigenvalue weighted by Gasteiger charge is 2.04. The van der Waals surface area contributed by atoms with Crippen molar-refractivity contribution in [1.29, 1.82) is 0 Å². The molecule has 0 atom stereocenters. The standard InChI is InChI=1S/C6H9N3O/c1-9-4-5(6(7)10)2-3-8-9/h2-4,8H,1H3,(H2,7,10). The van der Waals surface area contributed by atoms with Crippen LogP contribution in [-0.2, 0) is 4.79 Å². The minimum Gasteiger partial charge on any atom is -0.366 e. The number of nitrogens with two attached hydrogens (primary N) is 1. The predicted octanol–water partition coefficient (Wildman–Crippen LogP) is -0.681. The van der Waals surface area contributed by atoms with Crippen LogP contribution in [0.5, 0.6) is 0 Å². The number of primary amides is 1. The maximum absolute atomic E-state index is 10.5. The van der Waals surface area contributed by atoms with Gasteiger partial charge in [-0.3, -0.25) is 9.80 Å². The Morgan fingerprint density at radius 2 is 2.50 bits per heavy atom. The third kappa shape index (κ3) is 1.28. The van der Waals surface area contributed by atoms with Gasteiger partial charge in [0.15, 0.2) is 0 Å². The first-order valence-corrected chi connectivity index (χ1v) is 2.87. The van der Waals surface area contributed by atoms with Crippen LogP contribution in [0.4, 0.5) is 0 Å². The van der Waals surface area contributed by atoms with E-state index in [1.54, 1.807) is 30.5 Å². The van der Waals surface area contributed by atoms with E-state index < -0.39 is 5.91 Å². The van der Waals surface area contributed by atoms with E-state index in [0.29, 0.717) is 5.57 Å². The minimum atomic E-state index is -0.412. The van der Waals surface area contributed by atoms with Crippen molar-refractivity contribution in [1.82, 2.24) is 10.4 Å². The first-order chi connectivity index (χ1) is 4.70. The first-order valence-electron chi connectivity index (χ1n) is 2.87. The number of carbonyl (C=O) groups excluding carboxylic acids is 1. The fourth-order valence-electron chi connectivity index (χ4n) is 0.679. The lowest BCUT2D eigenvalue weighted by Gasteiger charge is -2.17. The SMILES string of the molecule is CN1C=C(C(N)=O)C=CN1. The molecule has 1 heterocycles. The van der Waals surface area contributed by atoms with Gasteiger partial charge in [0.2, 0.25) is 5.91 Å². The van der Waals surface area contributed by atoms with Gasteiger partial charge < -0.3 is 11.2 Å². The number of amides is 1. The van der Waals surface area contributed by atoms with Gasteiger partial charge in [-0.25, -0.2) is 0 Å². The Morgan fingerprint density at radius 3 is 2.90 bits per heavy atom. The molecule has 3 N–H and O–H groups in total. The summed E-state index contributed by atoms with van der Waals surface area (Å²) in [5.74, 6) is -0.412. The van der Waals surface area contributed by atoms with E-state index in [9.17, 15) is 4.79 Å². The summed E-state index contributed by atoms with van der Waals surface area (Å²) in [4.78, 5) is 10.5. The lowest BCUT2D eigenvalue weighted by molar-refractivity contribution is -0.114. The van der Waals surface area contributed by atoms with Crippen molar-refractivity contribution < 1.29 is 4.79 Å². The Balaban J connectivity index is 2.76. The Bertz CT molecular complexity index is 207. The average molecular weight is 139 g/mol. The van der Waals surface area contributed by atoms with Crippen LogP contribution in [0.2, 0.25) is 0 Å². The quantitative estimate of drug-likeness (QED) is 0.506. The summed E-state index contributed by atoms with van der Waals surface area (Å²) in [6, 6.07) is 0. The molecule has 0 aromatic heterocycles. The fourth-order valence-corrected chi connectivity index (χ4v) is 0.679. The topological polar surface area (TPSA) is 58.4 Å². The van der Waals surface area contributed by atoms with Crippen molar-refractivity contribution in [3.63, 3.8) is 0 Å². The van der Waals surface area contributed by atoms with Gasteiger partial charge >= 0.3 is 0 Å². The highest BCUT2D eigenvalue weighted by molar-refractivity contribution is 5.94. The summed E-state index contributed by atoms with van der Waals surface area (Å²) in [6.45, 7) is 0. The fraction of sp³-hybridized carbons (Fsp3) is 0.167. The molecule has 1 amide bonds. The number of rotatable bonds is 1. The molecule has 0 spiro atoms. The highest BCUT2D eigenvalue weighted by Crippen LogP contribution is 2.00. The van der Waals surface area contributed by atoms with Gasteiger partial charge in [-0.1, -0.05) is 0 Å². The largest absolute Gasteiger partial charge is 0.366 e. The number of hydrogen-bond donors (Lipinski definition) is 2. The van der Waals surface area contributed by atoms with Gasteiger partial charge in [-0.05, 0) is 6.08 Å². The van der Waals surface area contributed by atoms with Gasteiger partial charge in [0.1, 0.15) is 0 Å². The molecule has 0 bridgehead atoms. The molecule has 0 unspecified atom stereocenters. The van der Waals surface area contributed by atoms with Gasteiger partial charge in [0, 0.05) is 19.4 Å². The molecule has 0 aromatic carbocycles. The van der Waals surface area contributed by atoms with Crippen molar-refractivity contribution in [2.24, 2.45) is 5.73 Å². The Labute approximate surface area is 59.0 Å². The molecule has 1 aliphatic rings. The molecule has 0 saturated carbocycles. The summed E-state index contributed by atoms with van der Waals surface area (Å²) in [5.41, 5.74) is 8.35. The third-order valence-corrected chi connectivity index (χ3v) is 1.16. The van der Waals surface area contributed by atoms with Crippen molar-refractivity contribution >= 4 is 5.91 Å². The van der Waals surface area contributed by atoms with Gasteiger partial charge in [-0.15, -0.1) is 0 Å². The summed E-state index contributed by atoms with van der Waals surface area (Å²) in [5, 5.41) is 1.65. The second-order valence-electron chi connectivity index (χ2n) is 2.02. The predicted molar refractivity (Wildman–Crippen MR) is 37.3 cm³/mol. The van der Waals surface area contributed by atoms with E-state index in [-0.39, 0.29) is 0 Å². The molecule has 0 aliphatic carbocycles. The average Bonchev–Trinajstić information content (AvgIpc) is 1.88. The Morgan fingerprint density at radius 1 is 1.80 bits per heavy atom.